The minimum Gasteiger partial charge on any atom is -0.379 e. The van der Waals surface area contributed by atoms with Gasteiger partial charge in [0.2, 0.25) is 5.91 Å². The molecule has 7 nitrogen and oxygen atoms in total. The van der Waals surface area contributed by atoms with Gasteiger partial charge in [0.25, 0.3) is 0 Å². The Morgan fingerprint density at radius 1 is 1.30 bits per heavy atom. The van der Waals surface area contributed by atoms with Gasteiger partial charge in [0.15, 0.2) is 0 Å². The van der Waals surface area contributed by atoms with Crippen molar-refractivity contribution in [2.45, 2.75) is 31.2 Å². The standard InChI is InChI=1S/C26H27F4N5O2/c1-16(26(28,29)30)25-19-6-3-7-22(33-23-8-11-35(2)15-21(23)27)20(19)13-17(32-25)5-4-10-31-24(36)14-18-9-12-37-34-18/h3-7,9,12-13,21,23,33H,1,8,10-11,14-15H2,2H3,(H,31,36)/b5-4+/t21-,23+/m0/s1. The number of carbonyl (C=O) groups excluding carboxylic acids is 1. The number of fused-ring (bicyclic) bond motifs is 1. The average molecular weight is 518 g/mol. The number of amides is 1. The maximum atomic E-state index is 14.7. The molecule has 2 atom stereocenters. The number of pyridine rings is 1. The predicted molar refractivity (Wildman–Crippen MR) is 134 cm³/mol. The predicted octanol–water partition coefficient (Wildman–Crippen LogP) is 4.62. The molecule has 1 aliphatic rings. The highest BCUT2D eigenvalue weighted by Gasteiger charge is 2.35. The second-order valence-corrected chi connectivity index (χ2v) is 8.96. The topological polar surface area (TPSA) is 83.3 Å². The number of nitrogens with one attached hydrogen (secondary N) is 2. The number of rotatable bonds is 8. The van der Waals surface area contributed by atoms with Crippen LogP contribution in [-0.4, -0.2) is 66.0 Å². The number of halogens is 4. The Morgan fingerprint density at radius 2 is 2.11 bits per heavy atom. The van der Waals surface area contributed by atoms with Crippen molar-refractivity contribution < 1.29 is 26.9 Å². The number of allylic oxidation sites excluding steroid dienone is 1. The van der Waals surface area contributed by atoms with Gasteiger partial charge in [-0.15, -0.1) is 0 Å². The number of anilines is 1. The zero-order valence-corrected chi connectivity index (χ0v) is 20.2. The summed E-state index contributed by atoms with van der Waals surface area (Å²) in [6.45, 7) is 4.35. The van der Waals surface area contributed by atoms with Crippen LogP contribution in [0.1, 0.15) is 23.5 Å². The molecule has 196 valence electrons. The van der Waals surface area contributed by atoms with E-state index in [9.17, 15) is 22.4 Å². The van der Waals surface area contributed by atoms with E-state index in [-0.39, 0.29) is 42.2 Å². The van der Waals surface area contributed by atoms with Gasteiger partial charge in [-0.1, -0.05) is 29.9 Å². The first-order valence-corrected chi connectivity index (χ1v) is 11.7. The molecule has 0 saturated carbocycles. The summed E-state index contributed by atoms with van der Waals surface area (Å²) < 4.78 is 60.2. The largest absolute Gasteiger partial charge is 0.417 e. The number of aromatic nitrogens is 2. The molecule has 1 aromatic carbocycles. The molecule has 0 spiro atoms. The van der Waals surface area contributed by atoms with Gasteiger partial charge in [-0.2, -0.15) is 13.2 Å². The van der Waals surface area contributed by atoms with E-state index >= 15 is 0 Å². The van der Waals surface area contributed by atoms with E-state index in [0.29, 0.717) is 29.7 Å². The number of nitrogens with zero attached hydrogens (tertiary/aromatic N) is 3. The second-order valence-electron chi connectivity index (χ2n) is 8.96. The van der Waals surface area contributed by atoms with Crippen molar-refractivity contribution >= 4 is 34.0 Å². The first-order valence-electron chi connectivity index (χ1n) is 11.7. The van der Waals surface area contributed by atoms with Gasteiger partial charge in [0, 0.05) is 42.2 Å². The van der Waals surface area contributed by atoms with Crippen molar-refractivity contribution in [3.05, 3.63) is 66.3 Å². The van der Waals surface area contributed by atoms with Crippen molar-refractivity contribution in [2.75, 3.05) is 32.0 Å². The van der Waals surface area contributed by atoms with Gasteiger partial charge < -0.3 is 20.1 Å². The molecule has 1 fully saturated rings. The highest BCUT2D eigenvalue weighted by atomic mass is 19.4. The number of hydrogen-bond donors (Lipinski definition) is 2. The van der Waals surface area contributed by atoms with E-state index in [1.807, 2.05) is 11.9 Å². The maximum Gasteiger partial charge on any atom is 0.417 e. The van der Waals surface area contributed by atoms with E-state index in [1.54, 1.807) is 36.4 Å². The normalized spacial score (nSPS) is 18.8. The molecule has 0 bridgehead atoms. The van der Waals surface area contributed by atoms with Gasteiger partial charge in [0.05, 0.1) is 35.1 Å². The minimum atomic E-state index is -4.68. The lowest BCUT2D eigenvalue weighted by atomic mass is 9.99. The molecule has 1 saturated heterocycles. The Morgan fingerprint density at radius 3 is 2.81 bits per heavy atom. The molecular weight excluding hydrogens is 490 g/mol. The summed E-state index contributed by atoms with van der Waals surface area (Å²) in [4.78, 5) is 18.1. The molecule has 3 heterocycles. The fourth-order valence-corrected chi connectivity index (χ4v) is 4.20. The van der Waals surface area contributed by atoms with Gasteiger partial charge in [-0.05, 0) is 31.7 Å². The van der Waals surface area contributed by atoms with Crippen LogP contribution in [0.25, 0.3) is 22.4 Å². The van der Waals surface area contributed by atoms with Crippen molar-refractivity contribution in [1.82, 2.24) is 20.4 Å². The summed E-state index contributed by atoms with van der Waals surface area (Å²) in [6, 6.07) is 7.61. The third-order valence-corrected chi connectivity index (χ3v) is 6.15. The molecule has 11 heteroatoms. The molecule has 0 unspecified atom stereocenters. The minimum absolute atomic E-state index is 0.0374. The number of carbonyl (C=O) groups is 1. The van der Waals surface area contributed by atoms with E-state index in [4.69, 9.17) is 0 Å². The smallest absolute Gasteiger partial charge is 0.379 e. The van der Waals surface area contributed by atoms with E-state index in [2.05, 4.69) is 31.9 Å². The zero-order valence-electron chi connectivity index (χ0n) is 20.2. The van der Waals surface area contributed by atoms with Crippen molar-refractivity contribution in [3.63, 3.8) is 0 Å². The zero-order chi connectivity index (χ0) is 26.6. The van der Waals surface area contributed by atoms with Gasteiger partial charge >= 0.3 is 6.18 Å². The highest BCUT2D eigenvalue weighted by molar-refractivity contribution is 6.00. The molecule has 1 aliphatic heterocycles. The first kappa shape index (κ1) is 26.3. The van der Waals surface area contributed by atoms with Gasteiger partial charge in [-0.25, -0.2) is 9.37 Å². The van der Waals surface area contributed by atoms with E-state index in [0.717, 1.165) is 0 Å². The number of benzene rings is 1. The fraction of sp³-hybridized carbons (Fsp3) is 0.346. The molecule has 3 aromatic rings. The van der Waals surface area contributed by atoms with Crippen molar-refractivity contribution in [2.24, 2.45) is 0 Å². The average Bonchev–Trinajstić information content (AvgIpc) is 3.35. The monoisotopic (exact) mass is 517 g/mol. The van der Waals surface area contributed by atoms with E-state index < -0.39 is 24.0 Å². The Balaban J connectivity index is 1.60. The molecular formula is C26H27F4N5O2. The van der Waals surface area contributed by atoms with Crippen LogP contribution in [0, 0.1) is 0 Å². The third-order valence-electron chi connectivity index (χ3n) is 6.15. The summed E-state index contributed by atoms with van der Waals surface area (Å²) in [5.41, 5.74) is -0.137. The van der Waals surface area contributed by atoms with Crippen LogP contribution < -0.4 is 10.6 Å². The number of likely N-dealkylation sites (tertiary alicyclic amines) is 1. The molecule has 37 heavy (non-hydrogen) atoms. The quantitative estimate of drug-likeness (QED) is 0.424. The highest BCUT2D eigenvalue weighted by Crippen LogP contribution is 2.37. The van der Waals surface area contributed by atoms with Crippen LogP contribution in [0.3, 0.4) is 0 Å². The Bertz CT molecular complexity index is 1290. The number of alkyl halides is 4. The summed E-state index contributed by atoms with van der Waals surface area (Å²) in [5, 5.41) is 10.3. The first-order chi connectivity index (χ1) is 17.6. The lowest BCUT2D eigenvalue weighted by molar-refractivity contribution is -0.120. The summed E-state index contributed by atoms with van der Waals surface area (Å²) in [6.07, 6.45) is -0.742. The SMILES string of the molecule is C=C(c1nc(/C=C/CNC(=O)Cc2ccon2)cc2c(N[C@@H]3CCN(C)C[C@@H]3F)cccc12)C(F)(F)F. The van der Waals surface area contributed by atoms with Gasteiger partial charge in [-0.3, -0.25) is 4.79 Å². The van der Waals surface area contributed by atoms with Gasteiger partial charge in [0.1, 0.15) is 12.4 Å². The lowest BCUT2D eigenvalue weighted by Gasteiger charge is -2.33. The van der Waals surface area contributed by atoms with Crippen LogP contribution in [0.4, 0.5) is 23.2 Å². The molecule has 0 aliphatic carbocycles. The Hall–Kier alpha value is -3.73. The lowest BCUT2D eigenvalue weighted by Crippen LogP contribution is -2.46. The van der Waals surface area contributed by atoms with Crippen LogP contribution in [-0.2, 0) is 11.2 Å². The van der Waals surface area contributed by atoms with Crippen molar-refractivity contribution in [1.29, 1.82) is 0 Å². The van der Waals surface area contributed by atoms with E-state index in [1.165, 1.54) is 12.3 Å². The molecule has 0 radical (unpaired) electrons. The third kappa shape index (κ3) is 6.53. The Labute approximate surface area is 211 Å². The second kappa shape index (κ2) is 11.1. The summed E-state index contributed by atoms with van der Waals surface area (Å²) in [7, 11) is 1.84. The maximum absolute atomic E-state index is 14.7. The summed E-state index contributed by atoms with van der Waals surface area (Å²) in [5.74, 6) is -0.290. The molecule has 2 N–H and O–H groups in total. The Kier molecular flexibility index (Phi) is 7.91. The van der Waals surface area contributed by atoms with Crippen LogP contribution in [0.2, 0.25) is 0 Å². The summed E-state index contributed by atoms with van der Waals surface area (Å²) >= 11 is 0. The van der Waals surface area contributed by atoms with Crippen LogP contribution in [0.15, 0.2) is 53.8 Å². The van der Waals surface area contributed by atoms with Crippen molar-refractivity contribution in [3.8, 4) is 0 Å². The van der Waals surface area contributed by atoms with Crippen LogP contribution in [0.5, 0.6) is 0 Å². The number of piperidine rings is 1. The molecule has 4 rings (SSSR count). The number of hydrogen-bond acceptors (Lipinski definition) is 6. The van der Waals surface area contributed by atoms with Crippen LogP contribution >= 0.6 is 0 Å². The molecule has 1 amide bonds. The molecule has 2 aromatic heterocycles. The fourth-order valence-electron chi connectivity index (χ4n) is 4.20.